The molecule has 3 aliphatic carbocycles. The number of rotatable bonds is 8. The van der Waals surface area contributed by atoms with Crippen LogP contribution >= 0.6 is 0 Å². The van der Waals surface area contributed by atoms with Crippen molar-refractivity contribution >= 4 is 24.6 Å². The number of anilines is 1. The fraction of sp³-hybridized carbons (Fsp3) is 0.704. The van der Waals surface area contributed by atoms with E-state index < -0.39 is 24.8 Å². The SMILES string of the molecule is CC(C)C[C@H](NC(=O)CNC(=O)[C@@H]1CCN1c1cc(F)ccc1F)B1OC2C[C@@H]3C[C@@H](C3(C)C)[C@]2(C)O1. The Kier molecular flexibility index (Phi) is 6.80. The molecule has 2 bridgehead atoms. The van der Waals surface area contributed by atoms with Crippen molar-refractivity contribution in [2.75, 3.05) is 18.0 Å². The Hall–Kier alpha value is -2.20. The van der Waals surface area contributed by atoms with E-state index in [0.29, 0.717) is 37.1 Å². The molecule has 202 valence electrons. The van der Waals surface area contributed by atoms with Crippen molar-refractivity contribution < 1.29 is 27.7 Å². The zero-order valence-corrected chi connectivity index (χ0v) is 22.4. The number of carbonyl (C=O) groups is 2. The van der Waals surface area contributed by atoms with Crippen LogP contribution in [0.5, 0.6) is 0 Å². The lowest BCUT2D eigenvalue weighted by atomic mass is 9.43. The lowest BCUT2D eigenvalue weighted by Gasteiger charge is -2.64. The van der Waals surface area contributed by atoms with E-state index in [1.807, 2.05) is 0 Å². The van der Waals surface area contributed by atoms with Crippen LogP contribution in [-0.4, -0.2) is 55.7 Å². The third kappa shape index (κ3) is 4.64. The highest BCUT2D eigenvalue weighted by Gasteiger charge is 2.68. The summed E-state index contributed by atoms with van der Waals surface area (Å²) >= 11 is 0. The fourth-order valence-corrected chi connectivity index (χ4v) is 7.01. The second-order valence-corrected chi connectivity index (χ2v) is 12.5. The molecular weight excluding hydrogens is 479 g/mol. The van der Waals surface area contributed by atoms with Gasteiger partial charge in [0.1, 0.15) is 17.7 Å². The van der Waals surface area contributed by atoms with E-state index in [1.54, 1.807) is 0 Å². The summed E-state index contributed by atoms with van der Waals surface area (Å²) in [6, 6.07) is 2.54. The summed E-state index contributed by atoms with van der Waals surface area (Å²) in [6.07, 6.45) is 3.33. The number of halogens is 2. The predicted octanol–water partition coefficient (Wildman–Crippen LogP) is 3.46. The van der Waals surface area contributed by atoms with E-state index >= 15 is 0 Å². The van der Waals surface area contributed by atoms with Crippen molar-refractivity contribution in [2.24, 2.45) is 23.2 Å². The molecule has 2 N–H and O–H groups in total. The highest BCUT2D eigenvalue weighted by molar-refractivity contribution is 6.47. The molecular formula is C27H38BF2N3O4. The van der Waals surface area contributed by atoms with Gasteiger partial charge in [-0.3, -0.25) is 9.59 Å². The Bertz CT molecular complexity index is 1070. The van der Waals surface area contributed by atoms with E-state index in [4.69, 9.17) is 9.31 Å². The number of benzene rings is 1. The van der Waals surface area contributed by atoms with Crippen LogP contribution in [0.4, 0.5) is 14.5 Å². The number of carbonyl (C=O) groups excluding carboxylic acids is 2. The Labute approximate surface area is 218 Å². The van der Waals surface area contributed by atoms with Crippen molar-refractivity contribution in [3.05, 3.63) is 29.8 Å². The molecule has 6 atom stereocenters. The van der Waals surface area contributed by atoms with Crippen molar-refractivity contribution in [3.8, 4) is 0 Å². The summed E-state index contributed by atoms with van der Waals surface area (Å²) in [7, 11) is -0.537. The van der Waals surface area contributed by atoms with Gasteiger partial charge in [0.05, 0.1) is 29.9 Å². The first kappa shape index (κ1) is 26.4. The van der Waals surface area contributed by atoms with E-state index in [0.717, 1.165) is 31.0 Å². The highest BCUT2D eigenvalue weighted by Crippen LogP contribution is 2.65. The van der Waals surface area contributed by atoms with E-state index in [9.17, 15) is 18.4 Å². The number of nitrogens with one attached hydrogen (secondary N) is 2. The highest BCUT2D eigenvalue weighted by atomic mass is 19.1. The van der Waals surface area contributed by atoms with Crippen LogP contribution in [0.15, 0.2) is 18.2 Å². The molecule has 7 nitrogen and oxygen atoms in total. The smallest absolute Gasteiger partial charge is 0.404 e. The third-order valence-corrected chi connectivity index (χ3v) is 9.33. The Morgan fingerprint density at radius 3 is 2.62 bits per heavy atom. The summed E-state index contributed by atoms with van der Waals surface area (Å²) in [4.78, 5) is 27.1. The number of hydrogen-bond donors (Lipinski definition) is 2. The van der Waals surface area contributed by atoms with Gasteiger partial charge < -0.3 is 24.8 Å². The monoisotopic (exact) mass is 517 g/mol. The molecule has 5 fully saturated rings. The first-order valence-electron chi connectivity index (χ1n) is 13.5. The molecule has 3 saturated carbocycles. The number of nitrogens with zero attached hydrogens (tertiary/aromatic N) is 1. The maximum atomic E-state index is 14.2. The van der Waals surface area contributed by atoms with Gasteiger partial charge in [0.2, 0.25) is 11.8 Å². The zero-order valence-electron chi connectivity index (χ0n) is 22.4. The van der Waals surface area contributed by atoms with Gasteiger partial charge in [0.15, 0.2) is 0 Å². The van der Waals surface area contributed by atoms with Gasteiger partial charge in [-0.1, -0.05) is 27.7 Å². The lowest BCUT2D eigenvalue weighted by molar-refractivity contribution is -0.199. The van der Waals surface area contributed by atoms with Gasteiger partial charge in [0, 0.05) is 12.6 Å². The number of amides is 2. The van der Waals surface area contributed by atoms with Crippen molar-refractivity contribution in [1.82, 2.24) is 10.6 Å². The van der Waals surface area contributed by atoms with Gasteiger partial charge in [-0.25, -0.2) is 8.78 Å². The molecule has 0 aromatic heterocycles. The van der Waals surface area contributed by atoms with E-state index in [2.05, 4.69) is 45.3 Å². The molecule has 1 unspecified atom stereocenters. The maximum Gasteiger partial charge on any atom is 0.481 e. The van der Waals surface area contributed by atoms with Crippen LogP contribution < -0.4 is 15.5 Å². The average Bonchev–Trinajstić information content (AvgIpc) is 3.15. The quantitative estimate of drug-likeness (QED) is 0.517. The van der Waals surface area contributed by atoms with E-state index in [-0.39, 0.29) is 47.1 Å². The minimum Gasteiger partial charge on any atom is -0.404 e. The lowest BCUT2D eigenvalue weighted by Crippen LogP contribution is -2.65. The summed E-state index contributed by atoms with van der Waals surface area (Å²) in [5.41, 5.74) is -0.0785. The summed E-state index contributed by atoms with van der Waals surface area (Å²) in [5, 5.41) is 5.69. The largest absolute Gasteiger partial charge is 0.481 e. The standard InChI is InChI=1S/C27H38BF2N3O4/c1-15(2)10-23(28-36-22-12-16-11-21(26(16,3)4)27(22,5)37-28)32-24(34)14-31-25(35)19-8-9-33(19)20-13-17(29)6-7-18(20)30/h6-7,13,15-16,19,21-23H,8-12,14H2,1-5H3,(H,31,35)(H,32,34)/t16-,19-,21-,22?,23-,27-/m0/s1. The average molecular weight is 517 g/mol. The van der Waals surface area contributed by atoms with Gasteiger partial charge >= 0.3 is 7.12 Å². The topological polar surface area (TPSA) is 79.9 Å². The van der Waals surface area contributed by atoms with Gasteiger partial charge in [-0.2, -0.15) is 0 Å². The van der Waals surface area contributed by atoms with Crippen molar-refractivity contribution in [2.45, 2.75) is 84.0 Å². The van der Waals surface area contributed by atoms with Crippen molar-refractivity contribution in [1.29, 1.82) is 0 Å². The van der Waals surface area contributed by atoms with Crippen LogP contribution in [0.3, 0.4) is 0 Å². The second kappa shape index (κ2) is 9.52. The normalized spacial score (nSPS) is 32.3. The predicted molar refractivity (Wildman–Crippen MR) is 137 cm³/mol. The van der Waals surface area contributed by atoms with Crippen LogP contribution in [0.2, 0.25) is 0 Å². The minimum absolute atomic E-state index is 0.0216. The summed E-state index contributed by atoms with van der Waals surface area (Å²) < 4.78 is 40.8. The summed E-state index contributed by atoms with van der Waals surface area (Å²) in [6.45, 7) is 11.2. The second-order valence-electron chi connectivity index (χ2n) is 12.5. The Morgan fingerprint density at radius 1 is 1.22 bits per heavy atom. The molecule has 1 aromatic rings. The third-order valence-electron chi connectivity index (χ3n) is 9.33. The van der Waals surface area contributed by atoms with Crippen molar-refractivity contribution in [3.63, 3.8) is 0 Å². The van der Waals surface area contributed by atoms with Crippen LogP contribution in [-0.2, 0) is 18.9 Å². The molecule has 37 heavy (non-hydrogen) atoms. The van der Waals surface area contributed by atoms with E-state index in [1.165, 1.54) is 4.90 Å². The van der Waals surface area contributed by atoms with Crippen LogP contribution in [0.25, 0.3) is 0 Å². The molecule has 2 heterocycles. The molecule has 2 amide bonds. The number of hydrogen-bond acceptors (Lipinski definition) is 5. The van der Waals surface area contributed by atoms with Gasteiger partial charge in [-0.15, -0.1) is 0 Å². The molecule has 5 aliphatic rings. The fourth-order valence-electron chi connectivity index (χ4n) is 7.01. The molecule has 0 radical (unpaired) electrons. The molecule has 0 spiro atoms. The van der Waals surface area contributed by atoms with Crippen LogP contribution in [0, 0.1) is 34.8 Å². The molecule has 2 aliphatic heterocycles. The molecule has 2 saturated heterocycles. The Morgan fingerprint density at radius 2 is 1.97 bits per heavy atom. The van der Waals surface area contributed by atoms with Crippen LogP contribution in [0.1, 0.15) is 60.3 Å². The van der Waals surface area contributed by atoms with Gasteiger partial charge in [0.25, 0.3) is 0 Å². The summed E-state index contributed by atoms with van der Waals surface area (Å²) in [5.74, 6) is -0.845. The minimum atomic E-state index is -0.644. The maximum absolute atomic E-state index is 14.2. The Balaban J connectivity index is 1.18. The molecule has 6 rings (SSSR count). The zero-order chi connectivity index (χ0) is 26.7. The molecule has 10 heteroatoms. The first-order chi connectivity index (χ1) is 17.4. The molecule has 1 aromatic carbocycles. The van der Waals surface area contributed by atoms with Gasteiger partial charge in [-0.05, 0) is 67.9 Å². The first-order valence-corrected chi connectivity index (χ1v) is 13.5.